The van der Waals surface area contributed by atoms with Gasteiger partial charge in [0.05, 0.1) is 12.7 Å². The molecule has 1 heterocycles. The Morgan fingerprint density at radius 3 is 2.87 bits per heavy atom. The number of ether oxygens (including phenoxy) is 2. The molecule has 1 amide bonds. The van der Waals surface area contributed by atoms with Crippen molar-refractivity contribution in [2.24, 2.45) is 0 Å². The van der Waals surface area contributed by atoms with Gasteiger partial charge >= 0.3 is 6.61 Å². The number of carbonyl (C=O) groups excluding carboxylic acids is 1. The lowest BCUT2D eigenvalue weighted by Crippen LogP contribution is -2.24. The molecular formula is C21H23F2N3O3S. The number of nitrogens with zero attached hydrogens (tertiary/aromatic N) is 2. The zero-order valence-corrected chi connectivity index (χ0v) is 17.7. The van der Waals surface area contributed by atoms with E-state index in [1.165, 1.54) is 29.4 Å². The zero-order valence-electron chi connectivity index (χ0n) is 16.8. The molecule has 1 aliphatic rings. The summed E-state index contributed by atoms with van der Waals surface area (Å²) in [5.74, 6) is 0.0536. The maximum atomic E-state index is 12.6. The van der Waals surface area contributed by atoms with Crippen LogP contribution >= 0.6 is 11.3 Å². The van der Waals surface area contributed by atoms with E-state index in [-0.39, 0.29) is 23.8 Å². The molecule has 160 valence electrons. The highest BCUT2D eigenvalue weighted by Gasteiger charge is 2.23. The minimum absolute atomic E-state index is 0.0223. The molecule has 0 fully saturated rings. The van der Waals surface area contributed by atoms with Crippen LogP contribution in [0, 0.1) is 11.3 Å². The average Bonchev–Trinajstić information content (AvgIpc) is 3.27. The first-order valence-corrected chi connectivity index (χ1v) is 10.4. The lowest BCUT2D eigenvalue weighted by Gasteiger charge is -2.18. The molecule has 0 saturated carbocycles. The van der Waals surface area contributed by atoms with E-state index < -0.39 is 6.61 Å². The molecule has 0 bridgehead atoms. The summed E-state index contributed by atoms with van der Waals surface area (Å²) < 4.78 is 34.7. The van der Waals surface area contributed by atoms with Gasteiger partial charge in [0.25, 0.3) is 0 Å². The van der Waals surface area contributed by atoms with Crippen molar-refractivity contribution < 1.29 is 23.0 Å². The van der Waals surface area contributed by atoms with Crippen molar-refractivity contribution in [3.8, 4) is 17.6 Å². The van der Waals surface area contributed by atoms with E-state index in [0.717, 1.165) is 30.4 Å². The number of rotatable bonds is 9. The van der Waals surface area contributed by atoms with Crippen molar-refractivity contribution in [1.29, 1.82) is 5.26 Å². The highest BCUT2D eigenvalue weighted by molar-refractivity contribution is 7.16. The van der Waals surface area contributed by atoms with Gasteiger partial charge in [0.15, 0.2) is 11.5 Å². The number of benzene rings is 1. The number of methoxy groups -OCH3 is 1. The molecule has 0 radical (unpaired) electrons. The van der Waals surface area contributed by atoms with Gasteiger partial charge in [0.2, 0.25) is 5.91 Å². The molecule has 1 aromatic carbocycles. The lowest BCUT2D eigenvalue weighted by molar-refractivity contribution is -0.116. The number of halogens is 2. The highest BCUT2D eigenvalue weighted by atomic mass is 32.1. The molecule has 0 spiro atoms. The van der Waals surface area contributed by atoms with E-state index in [1.807, 2.05) is 11.9 Å². The largest absolute Gasteiger partial charge is 0.493 e. The SMILES string of the molecule is COc1ccc(CN(C)CCC(=O)Nc2sc3c(c2C#N)CCC3)cc1OC(F)F. The van der Waals surface area contributed by atoms with Crippen LogP contribution in [0.5, 0.6) is 11.5 Å². The number of nitriles is 1. The summed E-state index contributed by atoms with van der Waals surface area (Å²) in [5.41, 5.74) is 2.44. The fourth-order valence-electron chi connectivity index (χ4n) is 3.49. The molecule has 1 aromatic heterocycles. The molecular weight excluding hydrogens is 412 g/mol. The average molecular weight is 435 g/mol. The summed E-state index contributed by atoms with van der Waals surface area (Å²) in [6.45, 7) is -2.02. The van der Waals surface area contributed by atoms with Gasteiger partial charge in [-0.25, -0.2) is 0 Å². The maximum Gasteiger partial charge on any atom is 0.387 e. The standard InChI is InChI=1S/C21H23F2N3O3S/c1-26(12-13-6-7-16(28-2)17(10-13)29-21(22)23)9-8-19(27)25-20-15(11-24)14-4-3-5-18(14)30-20/h6-7,10,21H,3-5,8-9,12H2,1-2H3,(H,25,27). The molecule has 6 nitrogen and oxygen atoms in total. The number of carbonyl (C=O) groups is 1. The van der Waals surface area contributed by atoms with Crippen LogP contribution in [-0.2, 0) is 24.2 Å². The van der Waals surface area contributed by atoms with Crippen LogP contribution in [0.4, 0.5) is 13.8 Å². The first-order chi connectivity index (χ1) is 14.4. The second-order valence-corrected chi connectivity index (χ2v) is 8.18. The van der Waals surface area contributed by atoms with Crippen molar-refractivity contribution in [2.45, 2.75) is 38.8 Å². The van der Waals surface area contributed by atoms with E-state index in [1.54, 1.807) is 12.1 Å². The minimum atomic E-state index is -2.94. The van der Waals surface area contributed by atoms with Crippen LogP contribution in [0.1, 0.15) is 34.4 Å². The molecule has 0 atom stereocenters. The van der Waals surface area contributed by atoms with E-state index in [4.69, 9.17) is 4.74 Å². The Balaban J connectivity index is 1.54. The maximum absolute atomic E-state index is 12.6. The molecule has 9 heteroatoms. The number of fused-ring (bicyclic) bond motifs is 1. The highest BCUT2D eigenvalue weighted by Crippen LogP contribution is 2.38. The van der Waals surface area contributed by atoms with Gasteiger partial charge in [0.1, 0.15) is 11.1 Å². The van der Waals surface area contributed by atoms with Crippen LogP contribution in [0.3, 0.4) is 0 Å². The molecule has 0 saturated heterocycles. The van der Waals surface area contributed by atoms with Gasteiger partial charge in [-0.15, -0.1) is 11.3 Å². The third-order valence-corrected chi connectivity index (χ3v) is 6.11. The summed E-state index contributed by atoms with van der Waals surface area (Å²) in [6, 6.07) is 7.06. The molecule has 30 heavy (non-hydrogen) atoms. The normalized spacial score (nSPS) is 12.7. The van der Waals surface area contributed by atoms with Crippen molar-refractivity contribution in [3.05, 3.63) is 39.8 Å². The van der Waals surface area contributed by atoms with Crippen molar-refractivity contribution in [3.63, 3.8) is 0 Å². The number of thiophene rings is 1. The topological polar surface area (TPSA) is 74.6 Å². The number of anilines is 1. The first-order valence-electron chi connectivity index (χ1n) is 9.56. The number of aryl methyl sites for hydroxylation is 1. The van der Waals surface area contributed by atoms with E-state index >= 15 is 0 Å². The van der Waals surface area contributed by atoms with Gasteiger partial charge in [-0.3, -0.25) is 4.79 Å². The van der Waals surface area contributed by atoms with Gasteiger partial charge in [-0.05, 0) is 49.6 Å². The summed E-state index contributed by atoms with van der Waals surface area (Å²) in [5, 5.41) is 12.9. The van der Waals surface area contributed by atoms with Crippen LogP contribution in [0.2, 0.25) is 0 Å². The second kappa shape index (κ2) is 9.87. The molecule has 2 aromatic rings. The molecule has 1 N–H and O–H groups in total. The summed E-state index contributed by atoms with van der Waals surface area (Å²) >= 11 is 1.49. The molecule has 0 aliphatic heterocycles. The minimum Gasteiger partial charge on any atom is -0.493 e. The number of amides is 1. The van der Waals surface area contributed by atoms with Gasteiger partial charge in [-0.2, -0.15) is 14.0 Å². The first kappa shape index (κ1) is 22.0. The predicted octanol–water partition coefficient (Wildman–Crippen LogP) is 4.18. The van der Waals surface area contributed by atoms with Crippen molar-refractivity contribution >= 4 is 22.2 Å². The zero-order chi connectivity index (χ0) is 21.7. The second-order valence-electron chi connectivity index (χ2n) is 7.07. The Morgan fingerprint density at radius 1 is 1.37 bits per heavy atom. The third-order valence-electron chi connectivity index (χ3n) is 4.90. The van der Waals surface area contributed by atoms with Crippen molar-refractivity contribution in [2.75, 3.05) is 26.0 Å². The Bertz CT molecular complexity index is 956. The third kappa shape index (κ3) is 5.26. The van der Waals surface area contributed by atoms with Gasteiger partial charge < -0.3 is 19.7 Å². The van der Waals surface area contributed by atoms with Gasteiger partial charge in [0, 0.05) is 24.4 Å². The van der Waals surface area contributed by atoms with E-state index in [0.29, 0.717) is 23.7 Å². The predicted molar refractivity (Wildman–Crippen MR) is 110 cm³/mol. The number of nitrogens with one attached hydrogen (secondary N) is 1. The number of hydrogen-bond acceptors (Lipinski definition) is 6. The lowest BCUT2D eigenvalue weighted by atomic mass is 10.1. The fraction of sp³-hybridized carbons (Fsp3) is 0.429. The molecule has 0 unspecified atom stereocenters. The molecule has 1 aliphatic carbocycles. The smallest absolute Gasteiger partial charge is 0.387 e. The summed E-state index contributed by atoms with van der Waals surface area (Å²) in [7, 11) is 3.23. The monoisotopic (exact) mass is 435 g/mol. The summed E-state index contributed by atoms with van der Waals surface area (Å²) in [4.78, 5) is 15.5. The van der Waals surface area contributed by atoms with Crippen LogP contribution in [0.25, 0.3) is 0 Å². The summed E-state index contributed by atoms with van der Waals surface area (Å²) in [6.07, 6.45) is 3.17. The van der Waals surface area contributed by atoms with Crippen LogP contribution < -0.4 is 14.8 Å². The Kier molecular flexibility index (Phi) is 7.24. The van der Waals surface area contributed by atoms with E-state index in [9.17, 15) is 18.8 Å². The van der Waals surface area contributed by atoms with Crippen LogP contribution in [-0.4, -0.2) is 38.1 Å². The fourth-order valence-corrected chi connectivity index (χ4v) is 4.75. The Hall–Kier alpha value is -2.70. The van der Waals surface area contributed by atoms with Gasteiger partial charge in [-0.1, -0.05) is 6.07 Å². The van der Waals surface area contributed by atoms with Crippen molar-refractivity contribution in [1.82, 2.24) is 4.90 Å². The molecule has 3 rings (SSSR count). The number of hydrogen-bond donors (Lipinski definition) is 1. The number of alkyl halides is 2. The Morgan fingerprint density at radius 2 is 2.17 bits per heavy atom. The van der Waals surface area contributed by atoms with E-state index in [2.05, 4.69) is 16.1 Å². The Labute approximate surface area is 178 Å². The quantitative estimate of drug-likeness (QED) is 0.640. The van der Waals surface area contributed by atoms with Crippen LogP contribution in [0.15, 0.2) is 18.2 Å².